The molecule has 1 amide bonds. The maximum absolute atomic E-state index is 12.4. The normalized spacial score (nSPS) is 11.1. The molecule has 0 saturated carbocycles. The van der Waals surface area contributed by atoms with E-state index in [9.17, 15) is 9.90 Å². The highest BCUT2D eigenvalue weighted by molar-refractivity contribution is 7.80. The first-order chi connectivity index (χ1) is 12.5. The second-order valence-corrected chi connectivity index (χ2v) is 6.26. The molecule has 4 aromatic rings. The monoisotopic (exact) mass is 366 g/mol. The van der Waals surface area contributed by atoms with Crippen molar-refractivity contribution in [3.05, 3.63) is 65.3 Å². The van der Waals surface area contributed by atoms with Gasteiger partial charge >= 0.3 is 0 Å². The SMILES string of the molecule is Cc1cc(C(O)=S)c2oc(CNC(=O)c3cnn4cccnc34)cc2c1. The number of hydrogen-bond acceptors (Lipinski definition) is 5. The third-order valence-corrected chi connectivity index (χ3v) is 4.21. The molecule has 0 unspecified atom stereocenters. The van der Waals surface area contributed by atoms with Gasteiger partial charge in [0.05, 0.1) is 18.3 Å². The van der Waals surface area contributed by atoms with Crippen LogP contribution in [0.3, 0.4) is 0 Å². The molecule has 0 atom stereocenters. The Bertz CT molecular complexity index is 1160. The van der Waals surface area contributed by atoms with E-state index in [1.165, 1.54) is 10.7 Å². The minimum atomic E-state index is -0.298. The van der Waals surface area contributed by atoms with Gasteiger partial charge in [0.1, 0.15) is 16.9 Å². The molecule has 8 heteroatoms. The zero-order chi connectivity index (χ0) is 18.3. The fourth-order valence-electron chi connectivity index (χ4n) is 2.85. The van der Waals surface area contributed by atoms with Crippen molar-refractivity contribution in [1.29, 1.82) is 0 Å². The Balaban J connectivity index is 1.59. The lowest BCUT2D eigenvalue weighted by Gasteiger charge is -2.02. The first kappa shape index (κ1) is 16.2. The Morgan fingerprint density at radius 3 is 3.00 bits per heavy atom. The van der Waals surface area contributed by atoms with Gasteiger partial charge in [0.25, 0.3) is 5.91 Å². The third kappa shape index (κ3) is 2.80. The van der Waals surface area contributed by atoms with Crippen molar-refractivity contribution in [2.24, 2.45) is 0 Å². The van der Waals surface area contributed by atoms with E-state index in [1.807, 2.05) is 19.1 Å². The van der Waals surface area contributed by atoms with Gasteiger partial charge in [0.15, 0.2) is 10.7 Å². The maximum Gasteiger partial charge on any atom is 0.257 e. The molecule has 0 spiro atoms. The number of benzene rings is 1. The minimum Gasteiger partial charge on any atom is -0.498 e. The van der Waals surface area contributed by atoms with Crippen LogP contribution in [0.5, 0.6) is 0 Å². The number of carbonyl (C=O) groups excluding carboxylic acids is 1. The summed E-state index contributed by atoms with van der Waals surface area (Å²) in [6, 6.07) is 7.25. The summed E-state index contributed by atoms with van der Waals surface area (Å²) in [5.41, 5.74) is 2.80. The van der Waals surface area contributed by atoms with Crippen LogP contribution in [0.2, 0.25) is 0 Å². The van der Waals surface area contributed by atoms with Gasteiger partial charge in [0.2, 0.25) is 0 Å². The minimum absolute atomic E-state index is 0.189. The fraction of sp³-hybridized carbons (Fsp3) is 0.111. The van der Waals surface area contributed by atoms with E-state index in [0.29, 0.717) is 28.1 Å². The highest BCUT2D eigenvalue weighted by Crippen LogP contribution is 2.25. The molecule has 0 aliphatic carbocycles. The van der Waals surface area contributed by atoms with Crippen molar-refractivity contribution < 1.29 is 14.3 Å². The van der Waals surface area contributed by atoms with Crippen molar-refractivity contribution in [3.63, 3.8) is 0 Å². The molecule has 0 bridgehead atoms. The predicted molar refractivity (Wildman–Crippen MR) is 99.4 cm³/mol. The summed E-state index contributed by atoms with van der Waals surface area (Å²) in [6.45, 7) is 2.10. The number of rotatable bonds is 4. The highest BCUT2D eigenvalue weighted by Gasteiger charge is 2.16. The Kier molecular flexibility index (Phi) is 3.89. The molecule has 1 aromatic carbocycles. The number of amides is 1. The molecule has 0 saturated heterocycles. The van der Waals surface area contributed by atoms with Crippen molar-refractivity contribution in [1.82, 2.24) is 19.9 Å². The number of nitrogens with zero attached hydrogens (tertiary/aromatic N) is 3. The molecule has 3 heterocycles. The van der Waals surface area contributed by atoms with Crippen molar-refractivity contribution in [2.45, 2.75) is 13.5 Å². The molecule has 26 heavy (non-hydrogen) atoms. The number of hydrogen-bond donors (Lipinski definition) is 2. The average molecular weight is 366 g/mol. The number of aliphatic hydroxyl groups excluding tert-OH is 1. The Morgan fingerprint density at radius 1 is 1.35 bits per heavy atom. The summed E-state index contributed by atoms with van der Waals surface area (Å²) in [5.74, 6) is 0.258. The average Bonchev–Trinajstić information content (AvgIpc) is 3.22. The van der Waals surface area contributed by atoms with Gasteiger partial charge < -0.3 is 14.8 Å². The Morgan fingerprint density at radius 2 is 2.19 bits per heavy atom. The summed E-state index contributed by atoms with van der Waals surface area (Å²) in [6.07, 6.45) is 4.80. The van der Waals surface area contributed by atoms with E-state index < -0.39 is 0 Å². The molecule has 3 aromatic heterocycles. The van der Waals surface area contributed by atoms with Crippen LogP contribution < -0.4 is 5.32 Å². The number of furan rings is 1. The van der Waals surface area contributed by atoms with E-state index in [1.54, 1.807) is 24.5 Å². The lowest BCUT2D eigenvalue weighted by Crippen LogP contribution is -2.22. The predicted octanol–water partition coefficient (Wildman–Crippen LogP) is 2.95. The van der Waals surface area contributed by atoms with Gasteiger partial charge in [-0.15, -0.1) is 0 Å². The van der Waals surface area contributed by atoms with Crippen molar-refractivity contribution >= 4 is 39.8 Å². The number of aromatic nitrogens is 3. The van der Waals surface area contributed by atoms with Gasteiger partial charge in [-0.05, 0) is 49.0 Å². The number of carbonyl (C=O) groups is 1. The quantitative estimate of drug-likeness (QED) is 0.540. The molecule has 7 nitrogen and oxygen atoms in total. The van der Waals surface area contributed by atoms with Gasteiger partial charge in [-0.2, -0.15) is 5.10 Å². The van der Waals surface area contributed by atoms with E-state index in [-0.39, 0.29) is 17.5 Å². The molecular weight excluding hydrogens is 352 g/mol. The van der Waals surface area contributed by atoms with Crippen LogP contribution in [0.15, 0.2) is 47.3 Å². The second-order valence-electron chi connectivity index (χ2n) is 5.88. The standard InChI is InChI=1S/C18H14N4O3S/c1-10-5-11-7-12(25-15(11)13(6-10)18(24)26)8-20-17(23)14-9-21-22-4-2-3-19-16(14)22/h2-7,9H,8H2,1H3,(H,20,23)(H,24,26). The van der Waals surface area contributed by atoms with Gasteiger partial charge in [0, 0.05) is 17.8 Å². The number of thiocarbonyl (C=S) groups is 1. The van der Waals surface area contributed by atoms with Crippen molar-refractivity contribution in [2.75, 3.05) is 0 Å². The largest absolute Gasteiger partial charge is 0.498 e. The summed E-state index contributed by atoms with van der Waals surface area (Å²) in [4.78, 5) is 16.6. The van der Waals surface area contributed by atoms with Gasteiger partial charge in [-0.1, -0.05) is 0 Å². The number of nitrogens with one attached hydrogen (secondary N) is 1. The van der Waals surface area contributed by atoms with E-state index in [2.05, 4.69) is 15.4 Å². The van der Waals surface area contributed by atoms with Crippen LogP contribution in [-0.2, 0) is 6.54 Å². The smallest absolute Gasteiger partial charge is 0.257 e. The lowest BCUT2D eigenvalue weighted by molar-refractivity contribution is 0.0949. The Hall–Kier alpha value is -3.26. The van der Waals surface area contributed by atoms with E-state index >= 15 is 0 Å². The molecule has 0 aliphatic rings. The van der Waals surface area contributed by atoms with Gasteiger partial charge in [-0.25, -0.2) is 9.50 Å². The van der Waals surface area contributed by atoms with Crippen LogP contribution >= 0.6 is 12.2 Å². The fourth-order valence-corrected chi connectivity index (χ4v) is 3.00. The molecule has 0 aliphatic heterocycles. The Labute approximate surface area is 153 Å². The molecule has 0 radical (unpaired) electrons. The number of fused-ring (bicyclic) bond motifs is 2. The number of aliphatic hydroxyl groups is 1. The topological polar surface area (TPSA) is 92.7 Å². The molecule has 4 rings (SSSR count). The first-order valence-electron chi connectivity index (χ1n) is 7.86. The maximum atomic E-state index is 12.4. The van der Waals surface area contributed by atoms with Gasteiger partial charge in [-0.3, -0.25) is 4.79 Å². The summed E-state index contributed by atoms with van der Waals surface area (Å²) < 4.78 is 7.31. The summed E-state index contributed by atoms with van der Waals surface area (Å²) in [7, 11) is 0. The molecule has 130 valence electrons. The van der Waals surface area contributed by atoms with Crippen LogP contribution in [-0.4, -0.2) is 30.7 Å². The summed E-state index contributed by atoms with van der Waals surface area (Å²) in [5, 5.41) is 17.2. The summed E-state index contributed by atoms with van der Waals surface area (Å²) >= 11 is 4.87. The first-order valence-corrected chi connectivity index (χ1v) is 8.26. The lowest BCUT2D eigenvalue weighted by atomic mass is 10.1. The van der Waals surface area contributed by atoms with Crippen LogP contribution in [0.1, 0.15) is 27.2 Å². The van der Waals surface area contributed by atoms with Crippen molar-refractivity contribution in [3.8, 4) is 0 Å². The van der Waals surface area contributed by atoms with Crippen LogP contribution in [0.25, 0.3) is 16.6 Å². The molecule has 2 N–H and O–H groups in total. The zero-order valence-corrected chi connectivity index (χ0v) is 14.6. The third-order valence-electron chi connectivity index (χ3n) is 3.99. The zero-order valence-electron chi connectivity index (χ0n) is 13.8. The van der Waals surface area contributed by atoms with E-state index in [4.69, 9.17) is 16.6 Å². The van der Waals surface area contributed by atoms with E-state index in [0.717, 1.165) is 10.9 Å². The van der Waals surface area contributed by atoms with Crippen LogP contribution in [0, 0.1) is 6.92 Å². The van der Waals surface area contributed by atoms with Crippen LogP contribution in [0.4, 0.5) is 0 Å². The molecule has 0 fully saturated rings. The highest BCUT2D eigenvalue weighted by atomic mass is 32.1. The number of aryl methyl sites for hydroxylation is 1. The second kappa shape index (κ2) is 6.23. The molecular formula is C18H14N4O3S.